The largest absolute Gasteiger partial charge is 0.172 e. The van der Waals surface area contributed by atoms with E-state index in [0.29, 0.717) is 0 Å². The van der Waals surface area contributed by atoms with E-state index in [9.17, 15) is 0 Å². The summed E-state index contributed by atoms with van der Waals surface area (Å²) >= 11 is 5.88. The van der Waals surface area contributed by atoms with Gasteiger partial charge in [-0.25, -0.2) is 0 Å². The van der Waals surface area contributed by atoms with E-state index in [-0.39, 0.29) is 8.80 Å². The fourth-order valence-corrected chi connectivity index (χ4v) is 6.20. The highest BCUT2D eigenvalue weighted by Gasteiger charge is 2.00. The highest BCUT2D eigenvalue weighted by atomic mass is 35.6. The maximum Gasteiger partial charge on any atom is 0.137 e. The molecule has 0 nitrogen and oxygen atoms in total. The van der Waals surface area contributed by atoms with Crippen molar-refractivity contribution in [3.8, 4) is 0 Å². The molecule has 0 saturated carbocycles. The van der Waals surface area contributed by atoms with E-state index in [2.05, 4.69) is 19.6 Å². The maximum atomic E-state index is 5.88. The van der Waals surface area contributed by atoms with Crippen LogP contribution >= 0.6 is 11.1 Å². The van der Waals surface area contributed by atoms with Crippen LogP contribution in [0.4, 0.5) is 0 Å². The zero-order valence-corrected chi connectivity index (χ0v) is 9.01. The van der Waals surface area contributed by atoms with Gasteiger partial charge in [0.05, 0.1) is 0 Å². The van der Waals surface area contributed by atoms with E-state index in [0.717, 1.165) is 0 Å². The van der Waals surface area contributed by atoms with Crippen LogP contribution in [0, 0.1) is 0 Å². The molecule has 0 fully saturated rings. The molecule has 0 saturated heterocycles. The van der Waals surface area contributed by atoms with Crippen LogP contribution in [-0.2, 0) is 0 Å². The van der Waals surface area contributed by atoms with E-state index in [1.54, 1.807) is 0 Å². The van der Waals surface area contributed by atoms with E-state index in [4.69, 9.17) is 11.1 Å². The first kappa shape index (κ1) is 8.72. The topological polar surface area (TPSA) is 0 Å². The van der Waals surface area contributed by atoms with Crippen molar-refractivity contribution < 1.29 is 0 Å². The van der Waals surface area contributed by atoms with Gasteiger partial charge in [-0.3, -0.25) is 0 Å². The number of rotatable bonds is 3. The van der Waals surface area contributed by atoms with E-state index in [1.807, 2.05) is 0 Å². The first-order chi connectivity index (χ1) is 3.63. The Balaban J connectivity index is 2.93. The molecular weight excluding hydrogens is 152 g/mol. The van der Waals surface area contributed by atoms with Gasteiger partial charge in [0.15, 0.2) is 0 Å². The summed E-state index contributed by atoms with van der Waals surface area (Å²) in [5.74, 6) is 0. The molecule has 0 aromatic rings. The van der Waals surface area contributed by atoms with E-state index >= 15 is 0 Å². The van der Waals surface area contributed by atoms with Gasteiger partial charge in [0, 0.05) is 8.80 Å². The number of hydrogen-bond donors (Lipinski definition) is 0. The average Bonchev–Trinajstić information content (AvgIpc) is 1.61. The van der Waals surface area contributed by atoms with Crippen LogP contribution in [0.2, 0.25) is 31.7 Å². The Morgan fingerprint density at radius 3 is 1.75 bits per heavy atom. The molecule has 0 aliphatic heterocycles. The van der Waals surface area contributed by atoms with Crippen LogP contribution in [0.25, 0.3) is 0 Å². The van der Waals surface area contributed by atoms with Gasteiger partial charge in [-0.05, 0) is 6.04 Å². The second kappa shape index (κ2) is 4.59. The number of hydrogen-bond acceptors (Lipinski definition) is 0. The molecule has 0 heterocycles. The summed E-state index contributed by atoms with van der Waals surface area (Å²) in [4.78, 5) is 0. The fourth-order valence-electron chi connectivity index (χ4n) is 0.563. The molecule has 0 aliphatic carbocycles. The lowest BCUT2D eigenvalue weighted by molar-refractivity contribution is 1.37. The minimum atomic E-state index is -0.720. The second-order valence-corrected chi connectivity index (χ2v) is 10.5. The zero-order valence-electron chi connectivity index (χ0n) is 5.95. The van der Waals surface area contributed by atoms with Crippen molar-refractivity contribution in [1.82, 2.24) is 0 Å². The van der Waals surface area contributed by atoms with Gasteiger partial charge in [0.25, 0.3) is 0 Å². The third-order valence-corrected chi connectivity index (χ3v) is 5.08. The molecule has 3 heteroatoms. The molecule has 8 heavy (non-hydrogen) atoms. The van der Waals surface area contributed by atoms with Gasteiger partial charge in [-0.1, -0.05) is 25.7 Å². The van der Waals surface area contributed by atoms with Gasteiger partial charge in [0.1, 0.15) is 8.11 Å². The van der Waals surface area contributed by atoms with Crippen molar-refractivity contribution in [2.75, 3.05) is 0 Å². The van der Waals surface area contributed by atoms with Crippen molar-refractivity contribution in [3.05, 3.63) is 0 Å². The molecule has 1 unspecified atom stereocenters. The standard InChI is InChI=1S/C5H15ClSi2/c1-7(2)4-5-8(3)6/h7-8H,4-5H2,1-3H3. The molecule has 0 bridgehead atoms. The van der Waals surface area contributed by atoms with Gasteiger partial charge in [-0.15, -0.1) is 0 Å². The summed E-state index contributed by atoms with van der Waals surface area (Å²) in [6, 6.07) is 2.81. The third kappa shape index (κ3) is 6.72. The minimum Gasteiger partial charge on any atom is -0.172 e. The zero-order chi connectivity index (χ0) is 6.57. The normalized spacial score (nSPS) is 14.6. The maximum absolute atomic E-state index is 5.88. The van der Waals surface area contributed by atoms with Gasteiger partial charge < -0.3 is 0 Å². The van der Waals surface area contributed by atoms with Crippen LogP contribution in [0.5, 0.6) is 0 Å². The quantitative estimate of drug-likeness (QED) is 0.445. The summed E-state index contributed by atoms with van der Waals surface area (Å²) < 4.78 is 0. The minimum absolute atomic E-state index is 0.276. The van der Waals surface area contributed by atoms with Gasteiger partial charge in [0.2, 0.25) is 0 Å². The second-order valence-electron chi connectivity index (χ2n) is 2.75. The molecule has 0 aromatic heterocycles. The van der Waals surface area contributed by atoms with Gasteiger partial charge in [-0.2, -0.15) is 11.1 Å². The van der Waals surface area contributed by atoms with Crippen molar-refractivity contribution in [2.45, 2.75) is 31.7 Å². The molecule has 0 amide bonds. The van der Waals surface area contributed by atoms with Crippen molar-refractivity contribution >= 4 is 28.0 Å². The first-order valence-electron chi connectivity index (χ1n) is 3.27. The van der Waals surface area contributed by atoms with Crippen LogP contribution in [0.3, 0.4) is 0 Å². The predicted octanol–water partition coefficient (Wildman–Crippen LogP) is 2.07. The Kier molecular flexibility index (Phi) is 5.00. The van der Waals surface area contributed by atoms with Crippen LogP contribution in [0.1, 0.15) is 0 Å². The Morgan fingerprint density at radius 2 is 1.62 bits per heavy atom. The van der Waals surface area contributed by atoms with Crippen LogP contribution in [0.15, 0.2) is 0 Å². The summed E-state index contributed by atoms with van der Waals surface area (Å²) in [5.41, 5.74) is 0. The lowest BCUT2D eigenvalue weighted by atomic mass is 10.9. The Labute approximate surface area is 60.2 Å². The van der Waals surface area contributed by atoms with Gasteiger partial charge >= 0.3 is 0 Å². The van der Waals surface area contributed by atoms with Crippen molar-refractivity contribution in [3.63, 3.8) is 0 Å². The molecule has 0 N–H and O–H groups in total. The summed E-state index contributed by atoms with van der Waals surface area (Å²) in [6.07, 6.45) is 0. The molecule has 0 radical (unpaired) electrons. The Hall–Kier alpha value is 0.724. The first-order valence-corrected chi connectivity index (χ1v) is 10.1. The molecule has 0 spiro atoms. The SMILES string of the molecule is C[SiH](C)CC[SiH](C)Cl. The Bertz CT molecular complexity index is 46.4. The van der Waals surface area contributed by atoms with Crippen molar-refractivity contribution in [1.29, 1.82) is 0 Å². The summed E-state index contributed by atoms with van der Waals surface area (Å²) in [7, 11) is -0.996. The number of halogens is 1. The molecule has 50 valence electrons. The third-order valence-electron chi connectivity index (χ3n) is 1.14. The lowest BCUT2D eigenvalue weighted by Gasteiger charge is -2.01. The van der Waals surface area contributed by atoms with E-state index < -0.39 is 8.11 Å². The van der Waals surface area contributed by atoms with Crippen LogP contribution in [-0.4, -0.2) is 16.9 Å². The summed E-state index contributed by atoms with van der Waals surface area (Å²) in [5, 5.41) is 0. The smallest absolute Gasteiger partial charge is 0.137 e. The fraction of sp³-hybridized carbons (Fsp3) is 1.00. The molecule has 0 aliphatic rings. The molecule has 1 atom stereocenters. The van der Waals surface area contributed by atoms with Crippen LogP contribution < -0.4 is 0 Å². The molecule has 0 rings (SSSR count). The van der Waals surface area contributed by atoms with Crippen molar-refractivity contribution in [2.24, 2.45) is 0 Å². The highest BCUT2D eigenvalue weighted by Crippen LogP contribution is 2.04. The monoisotopic (exact) mass is 166 g/mol. The Morgan fingerprint density at radius 1 is 1.12 bits per heavy atom. The molecule has 0 aromatic carbocycles. The molecular formula is C5H15ClSi2. The predicted molar refractivity (Wildman–Crippen MR) is 47.4 cm³/mol. The highest BCUT2D eigenvalue weighted by molar-refractivity contribution is 7.06. The lowest BCUT2D eigenvalue weighted by Crippen LogP contribution is -2.03. The average molecular weight is 167 g/mol. The van der Waals surface area contributed by atoms with E-state index in [1.165, 1.54) is 12.1 Å². The summed E-state index contributed by atoms with van der Waals surface area (Å²) in [6.45, 7) is 6.97.